The fourth-order valence-corrected chi connectivity index (χ4v) is 1.98. The number of aryl methyl sites for hydroxylation is 3. The summed E-state index contributed by atoms with van der Waals surface area (Å²) in [5.41, 5.74) is 5.16. The van der Waals surface area contributed by atoms with Gasteiger partial charge in [-0.2, -0.15) is 0 Å². The van der Waals surface area contributed by atoms with Gasteiger partial charge in [-0.15, -0.1) is 0 Å². The molecule has 0 unspecified atom stereocenters. The molecule has 0 radical (unpaired) electrons. The lowest BCUT2D eigenvalue weighted by Gasteiger charge is -2.09. The quantitative estimate of drug-likeness (QED) is 0.883. The molecule has 0 spiro atoms. The zero-order chi connectivity index (χ0) is 15.4. The van der Waals surface area contributed by atoms with Crippen LogP contribution in [0.1, 0.15) is 23.2 Å². The van der Waals surface area contributed by atoms with Crippen molar-refractivity contribution in [2.45, 2.75) is 27.2 Å². The molecule has 2 aromatic rings. The maximum atomic E-state index is 10.5. The average molecular weight is 285 g/mol. The van der Waals surface area contributed by atoms with E-state index in [0.717, 1.165) is 17.0 Å². The summed E-state index contributed by atoms with van der Waals surface area (Å²) in [5, 5.41) is 11.6. The number of aliphatic carboxylic acids is 1. The lowest BCUT2D eigenvalue weighted by molar-refractivity contribution is -0.136. The number of nitrogens with one attached hydrogen (secondary N) is 1. The number of hydrogen-bond acceptors (Lipinski definition) is 4. The van der Waals surface area contributed by atoms with Gasteiger partial charge in [0.15, 0.2) is 0 Å². The molecule has 0 aliphatic heterocycles. The van der Waals surface area contributed by atoms with Crippen LogP contribution in [0, 0.1) is 20.8 Å². The van der Waals surface area contributed by atoms with E-state index in [9.17, 15) is 4.79 Å². The van der Waals surface area contributed by atoms with E-state index in [0.29, 0.717) is 12.5 Å². The largest absolute Gasteiger partial charge is 0.481 e. The molecule has 5 heteroatoms. The highest BCUT2D eigenvalue weighted by atomic mass is 16.4. The molecule has 21 heavy (non-hydrogen) atoms. The summed E-state index contributed by atoms with van der Waals surface area (Å²) in [7, 11) is 0. The molecule has 1 aromatic heterocycles. The van der Waals surface area contributed by atoms with Crippen LogP contribution < -0.4 is 5.32 Å². The van der Waals surface area contributed by atoms with Crippen LogP contribution in [0.2, 0.25) is 0 Å². The molecule has 2 N–H and O–H groups in total. The van der Waals surface area contributed by atoms with E-state index in [4.69, 9.17) is 5.11 Å². The minimum absolute atomic E-state index is 0.0380. The number of carboxylic acid groups (broad SMARTS) is 1. The molecule has 2 rings (SSSR count). The minimum atomic E-state index is -0.843. The highest BCUT2D eigenvalue weighted by molar-refractivity contribution is 5.67. The van der Waals surface area contributed by atoms with Crippen molar-refractivity contribution in [1.82, 2.24) is 9.97 Å². The molecule has 1 heterocycles. The van der Waals surface area contributed by atoms with Gasteiger partial charge in [-0.3, -0.25) is 4.79 Å². The van der Waals surface area contributed by atoms with Crippen LogP contribution >= 0.6 is 0 Å². The first-order valence-corrected chi connectivity index (χ1v) is 6.84. The Balaban J connectivity index is 2.25. The van der Waals surface area contributed by atoms with E-state index in [-0.39, 0.29) is 6.42 Å². The van der Waals surface area contributed by atoms with E-state index in [1.54, 1.807) is 0 Å². The van der Waals surface area contributed by atoms with Crippen molar-refractivity contribution in [3.05, 3.63) is 41.1 Å². The number of anilines is 1. The maximum absolute atomic E-state index is 10.5. The topological polar surface area (TPSA) is 75.1 Å². The summed E-state index contributed by atoms with van der Waals surface area (Å²) in [6.45, 7) is 6.35. The van der Waals surface area contributed by atoms with E-state index < -0.39 is 5.97 Å². The molecule has 0 saturated heterocycles. The molecule has 0 amide bonds. The van der Waals surface area contributed by atoms with Gasteiger partial charge in [-0.1, -0.05) is 12.1 Å². The molecular formula is C16H19N3O2. The van der Waals surface area contributed by atoms with Gasteiger partial charge in [-0.05, 0) is 44.0 Å². The molecule has 5 nitrogen and oxygen atoms in total. The number of carboxylic acids is 1. The van der Waals surface area contributed by atoms with Crippen molar-refractivity contribution in [2.24, 2.45) is 0 Å². The second-order valence-electron chi connectivity index (χ2n) is 5.09. The van der Waals surface area contributed by atoms with Crippen LogP contribution in [0.4, 0.5) is 5.95 Å². The van der Waals surface area contributed by atoms with Crippen molar-refractivity contribution in [1.29, 1.82) is 0 Å². The van der Waals surface area contributed by atoms with E-state index in [2.05, 4.69) is 41.3 Å². The van der Waals surface area contributed by atoms with Crippen molar-refractivity contribution in [3.63, 3.8) is 0 Å². The first kappa shape index (κ1) is 15.0. The molecule has 0 bridgehead atoms. The zero-order valence-corrected chi connectivity index (χ0v) is 12.5. The van der Waals surface area contributed by atoms with Crippen LogP contribution in [0.15, 0.2) is 24.3 Å². The lowest BCUT2D eigenvalue weighted by atomic mass is 10.0. The fourth-order valence-electron chi connectivity index (χ4n) is 1.98. The monoisotopic (exact) mass is 285 g/mol. The predicted molar refractivity (Wildman–Crippen MR) is 82.4 cm³/mol. The first-order valence-electron chi connectivity index (χ1n) is 6.84. The number of rotatable bonds is 5. The summed E-state index contributed by atoms with van der Waals surface area (Å²) >= 11 is 0. The molecule has 0 atom stereocenters. The van der Waals surface area contributed by atoms with Crippen LogP contribution in [0.25, 0.3) is 11.3 Å². The number of benzene rings is 1. The third-order valence-corrected chi connectivity index (χ3v) is 3.28. The van der Waals surface area contributed by atoms with Crippen molar-refractivity contribution in [3.8, 4) is 11.3 Å². The molecule has 0 saturated carbocycles. The Labute approximate surface area is 124 Å². The SMILES string of the molecule is Cc1cc(-c2ccc(C)c(C)c2)nc(NCCC(=O)O)n1. The fraction of sp³-hybridized carbons (Fsp3) is 0.312. The van der Waals surface area contributed by atoms with Gasteiger partial charge < -0.3 is 10.4 Å². The van der Waals surface area contributed by atoms with Gasteiger partial charge in [0.1, 0.15) is 0 Å². The number of nitrogens with zero attached hydrogens (tertiary/aromatic N) is 2. The molecule has 0 fully saturated rings. The number of aromatic nitrogens is 2. The minimum Gasteiger partial charge on any atom is -0.481 e. The first-order chi connectivity index (χ1) is 9.95. The van der Waals surface area contributed by atoms with Gasteiger partial charge in [0.25, 0.3) is 0 Å². The number of hydrogen-bond donors (Lipinski definition) is 2. The van der Waals surface area contributed by atoms with Crippen LogP contribution in [0.3, 0.4) is 0 Å². The van der Waals surface area contributed by atoms with E-state index in [1.807, 2.05) is 19.1 Å². The number of carbonyl (C=O) groups is 1. The summed E-state index contributed by atoms with van der Waals surface area (Å²) in [4.78, 5) is 19.3. The third kappa shape index (κ3) is 4.02. The summed E-state index contributed by atoms with van der Waals surface area (Å²) in [5.74, 6) is -0.381. The standard InChI is InChI=1S/C16H19N3O2/c1-10-4-5-13(8-11(10)2)14-9-12(3)18-16(19-14)17-7-6-15(20)21/h4-5,8-9H,6-7H2,1-3H3,(H,20,21)(H,17,18,19). The van der Waals surface area contributed by atoms with Gasteiger partial charge in [0.05, 0.1) is 12.1 Å². The maximum Gasteiger partial charge on any atom is 0.305 e. The lowest BCUT2D eigenvalue weighted by Crippen LogP contribution is -2.10. The highest BCUT2D eigenvalue weighted by Crippen LogP contribution is 2.22. The van der Waals surface area contributed by atoms with Gasteiger partial charge >= 0.3 is 5.97 Å². The van der Waals surface area contributed by atoms with Gasteiger partial charge in [-0.25, -0.2) is 9.97 Å². The summed E-state index contributed by atoms with van der Waals surface area (Å²) in [6.07, 6.45) is 0.0380. The Morgan fingerprint density at radius 1 is 1.14 bits per heavy atom. The van der Waals surface area contributed by atoms with Crippen LogP contribution in [0.5, 0.6) is 0 Å². The van der Waals surface area contributed by atoms with Crippen molar-refractivity contribution >= 4 is 11.9 Å². The van der Waals surface area contributed by atoms with E-state index in [1.165, 1.54) is 11.1 Å². The molecular weight excluding hydrogens is 266 g/mol. The second kappa shape index (κ2) is 6.35. The van der Waals surface area contributed by atoms with Gasteiger partial charge in [0, 0.05) is 17.8 Å². The molecule has 0 aliphatic rings. The third-order valence-electron chi connectivity index (χ3n) is 3.28. The molecule has 0 aliphatic carbocycles. The summed E-state index contributed by atoms with van der Waals surface area (Å²) in [6, 6.07) is 8.12. The smallest absolute Gasteiger partial charge is 0.305 e. The zero-order valence-electron chi connectivity index (χ0n) is 12.5. The Morgan fingerprint density at radius 3 is 2.57 bits per heavy atom. The Bertz CT molecular complexity index is 669. The Morgan fingerprint density at radius 2 is 1.90 bits per heavy atom. The average Bonchev–Trinajstić information content (AvgIpc) is 2.41. The summed E-state index contributed by atoms with van der Waals surface area (Å²) < 4.78 is 0. The second-order valence-corrected chi connectivity index (χ2v) is 5.09. The van der Waals surface area contributed by atoms with Gasteiger partial charge in [0.2, 0.25) is 5.95 Å². The van der Waals surface area contributed by atoms with Crippen molar-refractivity contribution < 1.29 is 9.90 Å². The van der Waals surface area contributed by atoms with Crippen LogP contribution in [-0.4, -0.2) is 27.6 Å². The molecule has 1 aromatic carbocycles. The Kier molecular flexibility index (Phi) is 4.52. The Hall–Kier alpha value is -2.43. The van der Waals surface area contributed by atoms with Crippen LogP contribution in [-0.2, 0) is 4.79 Å². The molecule has 110 valence electrons. The van der Waals surface area contributed by atoms with Crippen molar-refractivity contribution in [2.75, 3.05) is 11.9 Å². The highest BCUT2D eigenvalue weighted by Gasteiger charge is 2.06. The van der Waals surface area contributed by atoms with E-state index >= 15 is 0 Å². The normalized spacial score (nSPS) is 10.4. The predicted octanol–water partition coefficient (Wildman–Crippen LogP) is 2.96.